The first-order valence-corrected chi connectivity index (χ1v) is 9.55. The van der Waals surface area contributed by atoms with E-state index in [1.54, 1.807) is 0 Å². The van der Waals surface area contributed by atoms with E-state index in [1.807, 2.05) is 43.3 Å². The average molecular weight is 362 g/mol. The van der Waals surface area contributed by atoms with E-state index in [2.05, 4.69) is 20.4 Å². The number of hydrogen-bond donors (Lipinski definition) is 1. The normalized spacial score (nSPS) is 24.3. The van der Waals surface area contributed by atoms with Crippen LogP contribution < -0.4 is 5.32 Å². The Hall–Kier alpha value is -2.73. The molecule has 0 aliphatic carbocycles. The van der Waals surface area contributed by atoms with Crippen LogP contribution in [0.25, 0.3) is 22.4 Å². The first-order valence-electron chi connectivity index (χ1n) is 9.55. The lowest BCUT2D eigenvalue weighted by atomic mass is 9.93. The number of nitrogens with zero attached hydrogens (tertiary/aromatic N) is 3. The van der Waals surface area contributed by atoms with Crippen molar-refractivity contribution in [3.8, 4) is 11.3 Å². The third-order valence-corrected chi connectivity index (χ3v) is 5.88. The molecule has 0 radical (unpaired) electrons. The molecular weight excluding hydrogens is 340 g/mol. The smallest absolute Gasteiger partial charge is 0.259 e. The van der Waals surface area contributed by atoms with E-state index < -0.39 is 0 Å². The Balaban J connectivity index is 1.52. The van der Waals surface area contributed by atoms with Gasteiger partial charge in [0, 0.05) is 24.7 Å². The Labute approximate surface area is 157 Å². The molecule has 0 spiro atoms. The van der Waals surface area contributed by atoms with E-state index in [1.165, 1.54) is 0 Å². The molecular formula is C21H22N4O2. The highest BCUT2D eigenvalue weighted by Gasteiger charge is 2.35. The molecule has 2 aromatic heterocycles. The number of benzene rings is 1. The highest BCUT2D eigenvalue weighted by atomic mass is 16.5. The van der Waals surface area contributed by atoms with E-state index in [0.717, 1.165) is 43.7 Å². The molecule has 1 aromatic carbocycles. The number of rotatable bonds is 3. The van der Waals surface area contributed by atoms with Gasteiger partial charge in [-0.3, -0.25) is 4.79 Å². The van der Waals surface area contributed by atoms with Crippen LogP contribution in [0.15, 0.2) is 40.9 Å². The third-order valence-electron chi connectivity index (χ3n) is 5.88. The van der Waals surface area contributed by atoms with E-state index in [4.69, 9.17) is 4.52 Å². The summed E-state index contributed by atoms with van der Waals surface area (Å²) in [6.07, 6.45) is 2.18. The van der Waals surface area contributed by atoms with E-state index in [0.29, 0.717) is 28.3 Å². The lowest BCUT2D eigenvalue weighted by Crippen LogP contribution is -2.46. The van der Waals surface area contributed by atoms with Gasteiger partial charge in [0.1, 0.15) is 0 Å². The molecule has 1 amide bonds. The standard InChI is InChI=1S/C21H22N4O2/c1-13-19-16(20(26)22-17-8-10-25-9-7-15(17)12-25)11-18(23-21(19)27-24-13)14-5-3-2-4-6-14/h2-6,11,15,17H,7-10,12H2,1H3,(H,22,26). The molecule has 2 bridgehead atoms. The molecule has 1 N–H and O–H groups in total. The van der Waals surface area contributed by atoms with Crippen LogP contribution in [0.4, 0.5) is 0 Å². The third kappa shape index (κ3) is 2.90. The van der Waals surface area contributed by atoms with Gasteiger partial charge in [-0.1, -0.05) is 35.5 Å². The van der Waals surface area contributed by atoms with Crippen LogP contribution >= 0.6 is 0 Å². The van der Waals surface area contributed by atoms with Gasteiger partial charge in [0.05, 0.1) is 22.3 Å². The minimum absolute atomic E-state index is 0.0590. The molecule has 27 heavy (non-hydrogen) atoms. The minimum atomic E-state index is -0.0590. The summed E-state index contributed by atoms with van der Waals surface area (Å²) in [5.41, 5.74) is 3.37. The fourth-order valence-electron chi connectivity index (χ4n) is 4.42. The van der Waals surface area contributed by atoms with Crippen molar-refractivity contribution < 1.29 is 9.32 Å². The molecule has 5 rings (SSSR count). The van der Waals surface area contributed by atoms with Gasteiger partial charge in [0.25, 0.3) is 11.6 Å². The number of aromatic nitrogens is 2. The maximum atomic E-state index is 13.2. The number of aryl methyl sites for hydroxylation is 1. The second-order valence-corrected chi connectivity index (χ2v) is 7.59. The van der Waals surface area contributed by atoms with Crippen molar-refractivity contribution in [1.29, 1.82) is 0 Å². The molecule has 0 saturated carbocycles. The van der Waals surface area contributed by atoms with Crippen LogP contribution in [0, 0.1) is 12.8 Å². The van der Waals surface area contributed by atoms with Gasteiger partial charge in [-0.2, -0.15) is 0 Å². The Bertz CT molecular complexity index is 998. The van der Waals surface area contributed by atoms with Crippen LogP contribution in [-0.4, -0.2) is 46.6 Å². The molecule has 4 heterocycles. The summed E-state index contributed by atoms with van der Waals surface area (Å²) >= 11 is 0. The molecule has 138 valence electrons. The van der Waals surface area contributed by atoms with Crippen LogP contribution in [0.5, 0.6) is 0 Å². The minimum Gasteiger partial charge on any atom is -0.349 e. The van der Waals surface area contributed by atoms with Gasteiger partial charge in [-0.25, -0.2) is 4.98 Å². The number of piperidine rings is 1. The van der Waals surface area contributed by atoms with Gasteiger partial charge in [-0.15, -0.1) is 0 Å². The van der Waals surface area contributed by atoms with Crippen LogP contribution in [-0.2, 0) is 0 Å². The number of fused-ring (bicyclic) bond motifs is 3. The zero-order chi connectivity index (χ0) is 18.4. The van der Waals surface area contributed by atoms with Gasteiger partial charge in [0.15, 0.2) is 0 Å². The fraction of sp³-hybridized carbons (Fsp3) is 0.381. The molecule has 6 nitrogen and oxygen atoms in total. The maximum Gasteiger partial charge on any atom is 0.259 e. The summed E-state index contributed by atoms with van der Waals surface area (Å²) in [4.78, 5) is 20.3. The molecule has 2 aliphatic heterocycles. The number of nitrogens with one attached hydrogen (secondary N) is 1. The van der Waals surface area contributed by atoms with E-state index in [9.17, 15) is 4.79 Å². The summed E-state index contributed by atoms with van der Waals surface area (Å²) in [7, 11) is 0. The quantitative estimate of drug-likeness (QED) is 0.775. The lowest BCUT2D eigenvalue weighted by molar-refractivity contribution is 0.0906. The first-order chi connectivity index (χ1) is 13.2. The van der Waals surface area contributed by atoms with E-state index in [-0.39, 0.29) is 11.9 Å². The summed E-state index contributed by atoms with van der Waals surface area (Å²) in [6, 6.07) is 11.9. The number of pyridine rings is 1. The SMILES string of the molecule is Cc1noc2nc(-c3ccccc3)cc(C(=O)NC3CCN4CCC3C4)c12. The Morgan fingerprint density at radius 1 is 1.22 bits per heavy atom. The summed E-state index contributed by atoms with van der Waals surface area (Å²) < 4.78 is 5.39. The molecule has 6 heteroatoms. The van der Waals surface area contributed by atoms with Crippen molar-refractivity contribution >= 4 is 17.0 Å². The van der Waals surface area contributed by atoms with Crippen molar-refractivity contribution in [1.82, 2.24) is 20.4 Å². The molecule has 3 aromatic rings. The number of amides is 1. The van der Waals surface area contributed by atoms with Crippen LogP contribution in [0.1, 0.15) is 28.9 Å². The van der Waals surface area contributed by atoms with Crippen molar-refractivity contribution in [2.24, 2.45) is 5.92 Å². The van der Waals surface area contributed by atoms with Gasteiger partial charge in [-0.05, 0) is 38.3 Å². The summed E-state index contributed by atoms with van der Waals surface area (Å²) in [5, 5.41) is 8.03. The van der Waals surface area contributed by atoms with Gasteiger partial charge < -0.3 is 14.7 Å². The Morgan fingerprint density at radius 2 is 2.04 bits per heavy atom. The van der Waals surface area contributed by atoms with Crippen LogP contribution in [0.3, 0.4) is 0 Å². The van der Waals surface area contributed by atoms with Gasteiger partial charge in [0.2, 0.25) is 0 Å². The maximum absolute atomic E-state index is 13.2. The molecule has 3 atom stereocenters. The van der Waals surface area contributed by atoms with Crippen molar-refractivity contribution in [2.45, 2.75) is 25.8 Å². The topological polar surface area (TPSA) is 71.3 Å². The monoisotopic (exact) mass is 362 g/mol. The second kappa shape index (κ2) is 6.46. The number of carbonyl (C=O) groups is 1. The van der Waals surface area contributed by atoms with Crippen molar-refractivity contribution in [3.05, 3.63) is 47.7 Å². The van der Waals surface area contributed by atoms with Crippen molar-refractivity contribution in [3.63, 3.8) is 0 Å². The second-order valence-electron chi connectivity index (χ2n) is 7.59. The number of hydrogen-bond acceptors (Lipinski definition) is 5. The highest BCUT2D eigenvalue weighted by Crippen LogP contribution is 2.29. The van der Waals surface area contributed by atoms with Crippen molar-refractivity contribution in [2.75, 3.05) is 19.6 Å². The predicted molar refractivity (Wildman–Crippen MR) is 102 cm³/mol. The first kappa shape index (κ1) is 16.4. The molecule has 2 fully saturated rings. The predicted octanol–water partition coefficient (Wildman–Crippen LogP) is 3.02. The molecule has 3 unspecified atom stereocenters. The zero-order valence-electron chi connectivity index (χ0n) is 15.3. The largest absolute Gasteiger partial charge is 0.349 e. The highest BCUT2D eigenvalue weighted by molar-refractivity contribution is 6.07. The zero-order valence-corrected chi connectivity index (χ0v) is 15.3. The van der Waals surface area contributed by atoms with E-state index >= 15 is 0 Å². The van der Waals surface area contributed by atoms with Crippen LogP contribution in [0.2, 0.25) is 0 Å². The number of carbonyl (C=O) groups excluding carboxylic acids is 1. The molecule has 2 saturated heterocycles. The Kier molecular flexibility index (Phi) is 3.93. The molecule has 2 aliphatic rings. The lowest BCUT2D eigenvalue weighted by Gasteiger charge is -2.31. The fourth-order valence-corrected chi connectivity index (χ4v) is 4.42. The average Bonchev–Trinajstić information content (AvgIpc) is 3.27. The van der Waals surface area contributed by atoms with Gasteiger partial charge >= 0.3 is 0 Å². The summed E-state index contributed by atoms with van der Waals surface area (Å²) in [5.74, 6) is 0.494. The summed E-state index contributed by atoms with van der Waals surface area (Å²) in [6.45, 7) is 5.16. The Morgan fingerprint density at radius 3 is 2.89 bits per heavy atom.